The van der Waals surface area contributed by atoms with Gasteiger partial charge >= 0.3 is 0 Å². The smallest absolute Gasteiger partial charge is 0.261 e. The van der Waals surface area contributed by atoms with Crippen molar-refractivity contribution >= 4 is 71.2 Å². The van der Waals surface area contributed by atoms with Crippen molar-refractivity contribution in [2.24, 2.45) is 0 Å². The van der Waals surface area contributed by atoms with Gasteiger partial charge in [0.25, 0.3) is 15.2 Å². The van der Waals surface area contributed by atoms with Gasteiger partial charge in [-0.1, -0.05) is 23.1 Å². The van der Waals surface area contributed by atoms with Crippen LogP contribution in [0.3, 0.4) is 0 Å². The number of carbonyl (C=O) groups is 1. The molecule has 0 aliphatic carbocycles. The Kier molecular flexibility index (Phi) is 6.91. The Labute approximate surface area is 220 Å². The van der Waals surface area contributed by atoms with E-state index in [0.29, 0.717) is 33.4 Å². The molecule has 0 radical (unpaired) electrons. The van der Waals surface area contributed by atoms with Crippen molar-refractivity contribution in [3.8, 4) is 11.5 Å². The highest BCUT2D eigenvalue weighted by Gasteiger charge is 2.18. The number of oxazole rings is 1. The Hall–Kier alpha value is -3.81. The van der Waals surface area contributed by atoms with E-state index in [-0.39, 0.29) is 21.8 Å². The summed E-state index contributed by atoms with van der Waals surface area (Å²) in [5.41, 5.74) is 1.93. The van der Waals surface area contributed by atoms with Crippen LogP contribution in [0.5, 0.6) is 11.5 Å². The lowest BCUT2D eigenvalue weighted by Gasteiger charge is -2.08. The van der Waals surface area contributed by atoms with Crippen LogP contribution in [0.1, 0.15) is 0 Å². The van der Waals surface area contributed by atoms with Crippen LogP contribution in [0.4, 0.5) is 10.8 Å². The standard InChI is InChI=1S/C24H20N4O6S3/c1-32-15-5-3-14(4-6-15)28-37(30,31)17-8-10-20-19(12-17)26-24(34-20)35-13-22(29)27-23-25-18-9-7-16(33-2)11-21(18)36-23/h3-12,28H,13H2,1-2H3,(H,25,27,29). The van der Waals surface area contributed by atoms with Crippen molar-refractivity contribution in [2.45, 2.75) is 10.1 Å². The fraction of sp³-hybridized carbons (Fsp3) is 0.125. The average Bonchev–Trinajstić information content (AvgIpc) is 3.49. The predicted octanol–water partition coefficient (Wildman–Crippen LogP) is 4.99. The molecular formula is C24H20N4O6S3. The summed E-state index contributed by atoms with van der Waals surface area (Å²) in [6.45, 7) is 0. The highest BCUT2D eigenvalue weighted by molar-refractivity contribution is 7.99. The fourth-order valence-electron chi connectivity index (χ4n) is 3.36. The minimum atomic E-state index is -3.85. The number of sulfonamides is 1. The Bertz CT molecular complexity index is 1700. The number of methoxy groups -OCH3 is 2. The van der Waals surface area contributed by atoms with Gasteiger partial charge in [0, 0.05) is 5.69 Å². The van der Waals surface area contributed by atoms with Gasteiger partial charge in [-0.2, -0.15) is 0 Å². The van der Waals surface area contributed by atoms with Crippen molar-refractivity contribution in [3.63, 3.8) is 0 Å². The van der Waals surface area contributed by atoms with Gasteiger partial charge in [-0.3, -0.25) is 9.52 Å². The number of hydrogen-bond donors (Lipinski definition) is 2. The molecule has 0 atom stereocenters. The minimum Gasteiger partial charge on any atom is -0.497 e. The van der Waals surface area contributed by atoms with Crippen molar-refractivity contribution < 1.29 is 27.1 Å². The number of carbonyl (C=O) groups excluding carboxylic acids is 1. The lowest BCUT2D eigenvalue weighted by molar-refractivity contribution is -0.113. The van der Waals surface area contributed by atoms with E-state index < -0.39 is 10.0 Å². The fourth-order valence-corrected chi connectivity index (χ4v) is 5.98. The quantitative estimate of drug-likeness (QED) is 0.241. The number of thioether (sulfide) groups is 1. The SMILES string of the molecule is COc1ccc(NS(=O)(=O)c2ccc3oc(SCC(=O)Nc4nc5ccc(OC)cc5s4)nc3c2)cc1. The molecule has 10 nitrogen and oxygen atoms in total. The molecule has 5 aromatic rings. The average molecular weight is 557 g/mol. The normalized spacial score (nSPS) is 11.5. The van der Waals surface area contributed by atoms with Crippen molar-refractivity contribution in [2.75, 3.05) is 30.0 Å². The maximum absolute atomic E-state index is 12.8. The van der Waals surface area contributed by atoms with E-state index in [1.807, 2.05) is 18.2 Å². The number of ether oxygens (including phenoxy) is 2. The first kappa shape index (κ1) is 24.9. The van der Waals surface area contributed by atoms with Gasteiger partial charge in [-0.05, 0) is 60.7 Å². The molecule has 2 N–H and O–H groups in total. The van der Waals surface area contributed by atoms with Crippen LogP contribution >= 0.6 is 23.1 Å². The highest BCUT2D eigenvalue weighted by Crippen LogP contribution is 2.30. The first-order valence-electron chi connectivity index (χ1n) is 10.8. The van der Waals surface area contributed by atoms with E-state index in [4.69, 9.17) is 13.9 Å². The second-order valence-electron chi connectivity index (χ2n) is 7.63. The molecule has 5 rings (SSSR count). The summed E-state index contributed by atoms with van der Waals surface area (Å²) in [6, 6.07) is 16.4. The molecule has 2 heterocycles. The van der Waals surface area contributed by atoms with Crippen LogP contribution in [0.25, 0.3) is 21.3 Å². The maximum Gasteiger partial charge on any atom is 0.261 e. The monoisotopic (exact) mass is 556 g/mol. The third kappa shape index (κ3) is 5.63. The first-order chi connectivity index (χ1) is 17.8. The zero-order valence-corrected chi connectivity index (χ0v) is 22.0. The topological polar surface area (TPSA) is 133 Å². The van der Waals surface area contributed by atoms with Crippen molar-refractivity contribution in [1.82, 2.24) is 9.97 Å². The van der Waals surface area contributed by atoms with Crippen LogP contribution in [0.15, 0.2) is 75.2 Å². The molecule has 0 spiro atoms. The second-order valence-corrected chi connectivity index (χ2v) is 11.3. The third-order valence-electron chi connectivity index (χ3n) is 5.16. The first-order valence-corrected chi connectivity index (χ1v) is 14.1. The molecular weight excluding hydrogens is 536 g/mol. The molecule has 13 heteroatoms. The molecule has 0 saturated carbocycles. The Morgan fingerprint density at radius 3 is 2.49 bits per heavy atom. The molecule has 0 aliphatic heterocycles. The summed E-state index contributed by atoms with van der Waals surface area (Å²) in [5.74, 6) is 1.10. The molecule has 1 amide bonds. The molecule has 0 saturated heterocycles. The van der Waals surface area contributed by atoms with Gasteiger partial charge in [0.2, 0.25) is 5.91 Å². The second kappa shape index (κ2) is 10.3. The third-order valence-corrected chi connectivity index (χ3v) is 8.30. The Balaban J connectivity index is 1.24. The van der Waals surface area contributed by atoms with Gasteiger partial charge in [-0.15, -0.1) is 0 Å². The number of rotatable bonds is 9. The van der Waals surface area contributed by atoms with Crippen LogP contribution < -0.4 is 19.5 Å². The van der Waals surface area contributed by atoms with Crippen molar-refractivity contribution in [1.29, 1.82) is 0 Å². The lowest BCUT2D eigenvalue weighted by atomic mass is 10.3. The number of thiazole rings is 1. The zero-order chi connectivity index (χ0) is 26.0. The number of aromatic nitrogens is 2. The summed E-state index contributed by atoms with van der Waals surface area (Å²) in [7, 11) is -0.724. The molecule has 0 unspecified atom stereocenters. The summed E-state index contributed by atoms with van der Waals surface area (Å²) < 4.78 is 45.0. The Morgan fingerprint density at radius 2 is 1.73 bits per heavy atom. The van der Waals surface area contributed by atoms with Crippen LogP contribution in [0.2, 0.25) is 0 Å². The van der Waals surface area contributed by atoms with E-state index in [9.17, 15) is 13.2 Å². The van der Waals surface area contributed by atoms with E-state index in [1.165, 1.54) is 36.6 Å². The number of nitrogens with zero attached hydrogens (tertiary/aromatic N) is 2. The largest absolute Gasteiger partial charge is 0.497 e. The maximum atomic E-state index is 12.8. The molecule has 0 fully saturated rings. The van der Waals surface area contributed by atoms with Gasteiger partial charge in [-0.25, -0.2) is 18.4 Å². The highest BCUT2D eigenvalue weighted by atomic mass is 32.2. The van der Waals surface area contributed by atoms with E-state index in [2.05, 4.69) is 20.0 Å². The molecule has 2 aromatic heterocycles. The Morgan fingerprint density at radius 1 is 0.973 bits per heavy atom. The summed E-state index contributed by atoms with van der Waals surface area (Å²) >= 11 is 2.44. The lowest BCUT2D eigenvalue weighted by Crippen LogP contribution is -2.13. The zero-order valence-electron chi connectivity index (χ0n) is 19.5. The molecule has 37 heavy (non-hydrogen) atoms. The predicted molar refractivity (Wildman–Crippen MR) is 143 cm³/mol. The molecule has 0 aliphatic rings. The van der Waals surface area contributed by atoms with Crippen LogP contribution in [-0.4, -0.2) is 44.3 Å². The van der Waals surface area contributed by atoms with E-state index in [0.717, 1.165) is 22.0 Å². The summed E-state index contributed by atoms with van der Waals surface area (Å²) in [6.07, 6.45) is 0. The number of benzene rings is 3. The van der Waals surface area contributed by atoms with Gasteiger partial charge in [0.1, 0.15) is 17.0 Å². The van der Waals surface area contributed by atoms with Gasteiger partial charge in [0.05, 0.1) is 35.1 Å². The number of hydrogen-bond acceptors (Lipinski definition) is 10. The van der Waals surface area contributed by atoms with E-state index in [1.54, 1.807) is 31.4 Å². The van der Waals surface area contributed by atoms with Crippen LogP contribution in [0, 0.1) is 0 Å². The number of amides is 1. The van der Waals surface area contributed by atoms with Gasteiger partial charge < -0.3 is 19.2 Å². The number of nitrogens with one attached hydrogen (secondary N) is 2. The number of fused-ring (bicyclic) bond motifs is 2. The summed E-state index contributed by atoms with van der Waals surface area (Å²) in [5, 5.41) is 3.50. The molecule has 0 bridgehead atoms. The number of anilines is 2. The minimum absolute atomic E-state index is 0.0332. The van der Waals surface area contributed by atoms with Crippen molar-refractivity contribution in [3.05, 3.63) is 60.7 Å². The molecule has 190 valence electrons. The van der Waals surface area contributed by atoms with Gasteiger partial charge in [0.15, 0.2) is 10.7 Å². The summed E-state index contributed by atoms with van der Waals surface area (Å²) in [4.78, 5) is 21.2. The molecule has 3 aromatic carbocycles. The van der Waals surface area contributed by atoms with Crippen LogP contribution in [-0.2, 0) is 14.8 Å². The van der Waals surface area contributed by atoms with E-state index >= 15 is 0 Å².